The van der Waals surface area contributed by atoms with E-state index in [9.17, 15) is 22.8 Å². The van der Waals surface area contributed by atoms with Crippen molar-refractivity contribution < 1.29 is 27.5 Å². The zero-order valence-corrected chi connectivity index (χ0v) is 18.1. The van der Waals surface area contributed by atoms with Crippen molar-refractivity contribution in [2.24, 2.45) is 5.41 Å². The Labute approximate surface area is 179 Å². The van der Waals surface area contributed by atoms with Crippen LogP contribution in [0.2, 0.25) is 0 Å². The molecule has 0 radical (unpaired) electrons. The van der Waals surface area contributed by atoms with Crippen molar-refractivity contribution in [1.82, 2.24) is 20.0 Å². The van der Waals surface area contributed by atoms with Crippen LogP contribution in [0, 0.1) is 5.41 Å². The van der Waals surface area contributed by atoms with Gasteiger partial charge in [0.2, 0.25) is 5.91 Å². The van der Waals surface area contributed by atoms with Crippen LogP contribution in [0.25, 0.3) is 0 Å². The van der Waals surface area contributed by atoms with Crippen LogP contribution < -0.4 is 5.32 Å². The molecule has 31 heavy (non-hydrogen) atoms. The molecule has 10 heteroatoms. The Morgan fingerprint density at radius 1 is 1.16 bits per heavy atom. The minimum absolute atomic E-state index is 0.0198. The van der Waals surface area contributed by atoms with Crippen molar-refractivity contribution in [3.63, 3.8) is 0 Å². The molecule has 0 aromatic carbocycles. The van der Waals surface area contributed by atoms with Gasteiger partial charge in [0.05, 0.1) is 17.4 Å². The number of alkyl halides is 3. The van der Waals surface area contributed by atoms with Crippen LogP contribution in [0.15, 0.2) is 23.6 Å². The fraction of sp³-hybridized carbons (Fsp3) is 0.714. The lowest BCUT2D eigenvalue weighted by molar-refractivity contribution is -0.127. The topological polar surface area (TPSA) is 65.1 Å². The smallest absolute Gasteiger partial charge is 0.431 e. The minimum Gasteiger partial charge on any atom is -0.495 e. The Morgan fingerprint density at radius 3 is 2.29 bits per heavy atom. The quantitative estimate of drug-likeness (QED) is 0.537. The zero-order chi connectivity index (χ0) is 22.6. The first-order valence-corrected chi connectivity index (χ1v) is 10.6. The van der Waals surface area contributed by atoms with Gasteiger partial charge in [0.1, 0.15) is 5.70 Å². The maximum Gasteiger partial charge on any atom is 0.431 e. The number of hydrogen-bond acceptors (Lipinski definition) is 4. The number of urea groups is 1. The summed E-state index contributed by atoms with van der Waals surface area (Å²) < 4.78 is 44.7. The normalized spacial score (nSPS) is 25.2. The molecule has 3 saturated heterocycles. The molecular weight excluding hydrogens is 413 g/mol. The summed E-state index contributed by atoms with van der Waals surface area (Å²) in [6.45, 7) is 4.18. The van der Waals surface area contributed by atoms with Crippen LogP contribution in [0.5, 0.6) is 0 Å². The molecule has 0 aromatic rings. The molecule has 1 saturated carbocycles. The van der Waals surface area contributed by atoms with Gasteiger partial charge < -0.3 is 24.8 Å². The first-order chi connectivity index (χ1) is 14.4. The number of nitrogens with zero attached hydrogens (tertiary/aromatic N) is 3. The molecule has 0 bridgehead atoms. The highest BCUT2D eigenvalue weighted by molar-refractivity contribution is 5.82. The monoisotopic (exact) mass is 442 g/mol. The molecule has 0 aromatic heterocycles. The summed E-state index contributed by atoms with van der Waals surface area (Å²) in [6.07, 6.45) is 0.855. The van der Waals surface area contributed by atoms with Crippen LogP contribution in [-0.4, -0.2) is 84.7 Å². The molecule has 0 atom stereocenters. The van der Waals surface area contributed by atoms with Crippen LogP contribution in [0.1, 0.15) is 32.6 Å². The van der Waals surface area contributed by atoms with E-state index in [2.05, 4.69) is 5.32 Å². The van der Waals surface area contributed by atoms with Crippen LogP contribution in [0.4, 0.5) is 18.0 Å². The molecular formula is C21H29F3N4O3. The van der Waals surface area contributed by atoms with E-state index in [4.69, 9.17) is 4.74 Å². The number of hydrogen-bond donors (Lipinski definition) is 1. The number of ether oxygens (including phenoxy) is 1. The molecule has 2 spiro atoms. The van der Waals surface area contributed by atoms with Gasteiger partial charge in [-0.1, -0.05) is 0 Å². The third-order valence-electron chi connectivity index (χ3n) is 6.74. The molecule has 3 heterocycles. The van der Waals surface area contributed by atoms with Gasteiger partial charge in [-0.05, 0) is 38.3 Å². The van der Waals surface area contributed by atoms with E-state index in [1.807, 2.05) is 4.90 Å². The lowest BCUT2D eigenvalue weighted by Gasteiger charge is -2.60. The molecule has 7 nitrogen and oxygen atoms in total. The summed E-state index contributed by atoms with van der Waals surface area (Å²) >= 11 is 0. The summed E-state index contributed by atoms with van der Waals surface area (Å²) in [5.41, 5.74) is -0.873. The summed E-state index contributed by atoms with van der Waals surface area (Å²) in [5.74, 6) is 0.506. The van der Waals surface area contributed by atoms with Crippen molar-refractivity contribution in [1.29, 1.82) is 0 Å². The molecule has 3 aliphatic heterocycles. The third-order valence-corrected chi connectivity index (χ3v) is 6.74. The fourth-order valence-corrected chi connectivity index (χ4v) is 5.17. The first kappa shape index (κ1) is 21.8. The second kappa shape index (κ2) is 7.34. The molecule has 4 aliphatic rings. The Hall–Kier alpha value is -2.39. The SMILES string of the molecule is C/C(=C\C=C(/N(C)C)C(F)(F)F)OC1CC2(C1)CN(C(=O)N1CC3(CCC(=O)N3)C1)C2. The van der Waals surface area contributed by atoms with E-state index >= 15 is 0 Å². The van der Waals surface area contributed by atoms with Crippen LogP contribution >= 0.6 is 0 Å². The average molecular weight is 442 g/mol. The third kappa shape index (κ3) is 4.21. The van der Waals surface area contributed by atoms with Gasteiger partial charge in [-0.15, -0.1) is 0 Å². The van der Waals surface area contributed by atoms with Gasteiger partial charge in [-0.25, -0.2) is 4.79 Å². The largest absolute Gasteiger partial charge is 0.495 e. The van der Waals surface area contributed by atoms with E-state index in [1.165, 1.54) is 20.2 Å². The summed E-state index contributed by atoms with van der Waals surface area (Å²) in [7, 11) is 2.71. The van der Waals surface area contributed by atoms with Gasteiger partial charge in [0.15, 0.2) is 0 Å². The average Bonchev–Trinajstić information content (AvgIpc) is 2.94. The number of nitrogens with one attached hydrogen (secondary N) is 1. The van der Waals surface area contributed by atoms with E-state index in [0.29, 0.717) is 38.4 Å². The van der Waals surface area contributed by atoms with Crippen LogP contribution in [0.3, 0.4) is 0 Å². The highest BCUT2D eigenvalue weighted by Crippen LogP contribution is 2.50. The van der Waals surface area contributed by atoms with Crippen LogP contribution in [-0.2, 0) is 9.53 Å². The highest BCUT2D eigenvalue weighted by Gasteiger charge is 2.57. The predicted octanol–water partition coefficient (Wildman–Crippen LogP) is 2.46. The summed E-state index contributed by atoms with van der Waals surface area (Å²) in [6, 6.07) is 0.0198. The maximum atomic E-state index is 13.0. The van der Waals surface area contributed by atoms with E-state index in [1.54, 1.807) is 11.8 Å². The fourth-order valence-electron chi connectivity index (χ4n) is 5.17. The van der Waals surface area contributed by atoms with E-state index in [0.717, 1.165) is 30.2 Å². The molecule has 172 valence electrons. The standard InChI is InChI=1S/C21H29F3N4O3/c1-14(4-5-16(26(2)3)21(22,23)24)31-15-8-19(9-15)10-27(11-19)18(30)28-12-20(13-28)7-6-17(29)25-20/h4-5,15H,6-13H2,1-3H3,(H,25,29)/b14-4+,16-5-. The van der Waals surface area contributed by atoms with Gasteiger partial charge in [0, 0.05) is 52.1 Å². The summed E-state index contributed by atoms with van der Waals surface area (Å²) in [5, 5.41) is 2.98. The molecule has 4 fully saturated rings. The predicted molar refractivity (Wildman–Crippen MR) is 107 cm³/mol. The van der Waals surface area contributed by atoms with Gasteiger partial charge >= 0.3 is 12.2 Å². The van der Waals surface area contributed by atoms with Crippen molar-refractivity contribution in [3.05, 3.63) is 23.6 Å². The van der Waals surface area contributed by atoms with Gasteiger partial charge in [-0.2, -0.15) is 13.2 Å². The Kier molecular flexibility index (Phi) is 5.17. The Morgan fingerprint density at radius 2 is 1.77 bits per heavy atom. The summed E-state index contributed by atoms with van der Waals surface area (Å²) in [4.78, 5) is 28.7. The van der Waals surface area contributed by atoms with Crippen molar-refractivity contribution in [2.75, 3.05) is 40.3 Å². The second-order valence-electron chi connectivity index (χ2n) is 9.69. The van der Waals surface area contributed by atoms with E-state index < -0.39 is 11.9 Å². The Bertz CT molecular complexity index is 816. The van der Waals surface area contributed by atoms with Gasteiger partial charge in [-0.3, -0.25) is 4.79 Å². The minimum atomic E-state index is -4.41. The number of rotatable bonds is 4. The zero-order valence-electron chi connectivity index (χ0n) is 18.1. The van der Waals surface area contributed by atoms with Crippen molar-refractivity contribution in [2.45, 2.75) is 50.4 Å². The molecule has 3 amide bonds. The number of likely N-dealkylation sites (tertiary alicyclic amines) is 2. The molecule has 1 N–H and O–H groups in total. The van der Waals surface area contributed by atoms with Crippen molar-refractivity contribution in [3.8, 4) is 0 Å². The molecule has 4 rings (SSSR count). The van der Waals surface area contributed by atoms with E-state index in [-0.39, 0.29) is 29.0 Å². The van der Waals surface area contributed by atoms with Crippen molar-refractivity contribution >= 4 is 11.9 Å². The number of allylic oxidation sites excluding steroid dienone is 4. The molecule has 0 unspecified atom stereocenters. The number of carbonyl (C=O) groups is 2. The number of halogens is 3. The molecule has 1 aliphatic carbocycles. The second-order valence-corrected chi connectivity index (χ2v) is 9.69. The lowest BCUT2D eigenvalue weighted by Crippen LogP contribution is -2.73. The van der Waals surface area contributed by atoms with Gasteiger partial charge in [0.25, 0.3) is 0 Å². The Balaban J connectivity index is 1.20. The number of amides is 3. The lowest BCUT2D eigenvalue weighted by atomic mass is 9.62. The highest BCUT2D eigenvalue weighted by atomic mass is 19.4. The number of carbonyl (C=O) groups excluding carboxylic acids is 2. The first-order valence-electron chi connectivity index (χ1n) is 10.6. The maximum absolute atomic E-state index is 13.0.